The summed E-state index contributed by atoms with van der Waals surface area (Å²) in [6, 6.07) is 6.62. The van der Waals surface area contributed by atoms with Gasteiger partial charge in [0.25, 0.3) is 0 Å². The number of rotatable bonds is 3. The quantitative estimate of drug-likeness (QED) is 0.573. The largest absolute Gasteiger partial charge is 0.404 e. The zero-order chi connectivity index (χ0) is 11.3. The van der Waals surface area contributed by atoms with Crippen molar-refractivity contribution in [3.05, 3.63) is 41.6 Å². The molecule has 0 aromatic heterocycles. The van der Waals surface area contributed by atoms with Gasteiger partial charge in [-0.25, -0.2) is 4.39 Å². The van der Waals surface area contributed by atoms with Crippen LogP contribution in [0.25, 0.3) is 5.57 Å². The van der Waals surface area contributed by atoms with Crippen molar-refractivity contribution >= 4 is 11.8 Å². The summed E-state index contributed by atoms with van der Waals surface area (Å²) in [5.74, 6) is 2.01. The maximum atomic E-state index is 13.2. The van der Waals surface area contributed by atoms with Gasteiger partial charge in [0.15, 0.2) is 6.17 Å². The lowest BCUT2D eigenvalue weighted by Crippen LogP contribution is -1.93. The molecule has 3 heteroatoms. The van der Waals surface area contributed by atoms with Gasteiger partial charge in [0.1, 0.15) is 0 Å². The molecule has 2 nitrogen and oxygen atoms in total. The van der Waals surface area contributed by atoms with Gasteiger partial charge in [-0.05, 0) is 17.2 Å². The van der Waals surface area contributed by atoms with E-state index in [9.17, 15) is 4.39 Å². The number of alkyl halides is 1. The van der Waals surface area contributed by atoms with Gasteiger partial charge >= 0.3 is 0 Å². The second-order valence-electron chi connectivity index (χ2n) is 2.92. The molecule has 0 bridgehead atoms. The molecule has 0 spiro atoms. The fourth-order valence-corrected chi connectivity index (χ4v) is 1.20. The van der Waals surface area contributed by atoms with Crippen molar-refractivity contribution < 1.29 is 4.39 Å². The van der Waals surface area contributed by atoms with Crippen molar-refractivity contribution in [1.82, 2.24) is 0 Å². The number of halogens is 1. The summed E-state index contributed by atoms with van der Waals surface area (Å²) in [7, 11) is 0. The smallest absolute Gasteiger partial charge is 0.185 e. The van der Waals surface area contributed by atoms with Gasteiger partial charge < -0.3 is 11.1 Å². The van der Waals surface area contributed by atoms with Crippen LogP contribution < -0.4 is 5.73 Å². The number of nitrogens with one attached hydrogen (secondary N) is 1. The first kappa shape index (κ1) is 11.0. The molecule has 0 aliphatic rings. The van der Waals surface area contributed by atoms with Crippen LogP contribution in [0.4, 0.5) is 4.39 Å². The zero-order valence-corrected chi connectivity index (χ0v) is 8.07. The van der Waals surface area contributed by atoms with E-state index in [1.54, 1.807) is 24.3 Å². The fourth-order valence-electron chi connectivity index (χ4n) is 1.20. The highest BCUT2D eigenvalue weighted by molar-refractivity contribution is 6.08. The monoisotopic (exact) mass is 202 g/mol. The van der Waals surface area contributed by atoms with Crippen molar-refractivity contribution in [2.45, 2.75) is 6.17 Å². The molecular weight excluding hydrogens is 191 g/mol. The van der Waals surface area contributed by atoms with Crippen molar-refractivity contribution in [2.24, 2.45) is 5.73 Å². The van der Waals surface area contributed by atoms with Crippen molar-refractivity contribution in [2.75, 3.05) is 0 Å². The van der Waals surface area contributed by atoms with E-state index in [-0.39, 0.29) is 0 Å². The highest BCUT2D eigenvalue weighted by Gasteiger charge is 2.06. The number of benzene rings is 1. The van der Waals surface area contributed by atoms with E-state index in [0.717, 1.165) is 6.21 Å². The molecule has 0 saturated carbocycles. The lowest BCUT2D eigenvalue weighted by atomic mass is 10.0. The molecule has 3 N–H and O–H groups in total. The standard InChI is InChI=1S/C12H11FN2/c1-2-12(13)10-5-3-4-9(6-10)11(7-14)8-15/h1,3-8,12,14H,15H2/b11-8+,14-7?. The predicted molar refractivity (Wildman–Crippen MR) is 60.1 cm³/mol. The predicted octanol–water partition coefficient (Wildman–Crippen LogP) is 2.28. The minimum Gasteiger partial charge on any atom is -0.404 e. The van der Waals surface area contributed by atoms with Crippen molar-refractivity contribution in [3.8, 4) is 12.3 Å². The third-order valence-corrected chi connectivity index (χ3v) is 1.99. The Morgan fingerprint density at radius 2 is 2.33 bits per heavy atom. The van der Waals surface area contributed by atoms with Crippen LogP contribution in [-0.2, 0) is 0 Å². The Bertz CT molecular complexity index is 429. The van der Waals surface area contributed by atoms with Crippen LogP contribution in [0, 0.1) is 17.8 Å². The van der Waals surface area contributed by atoms with Crippen LogP contribution in [0.2, 0.25) is 0 Å². The van der Waals surface area contributed by atoms with E-state index in [2.05, 4.69) is 0 Å². The molecule has 0 fully saturated rings. The number of hydrogen-bond acceptors (Lipinski definition) is 2. The Kier molecular flexibility index (Phi) is 3.64. The van der Waals surface area contributed by atoms with Gasteiger partial charge in [-0.3, -0.25) is 0 Å². The molecule has 1 atom stereocenters. The third kappa shape index (κ3) is 2.44. The lowest BCUT2D eigenvalue weighted by Gasteiger charge is -2.05. The van der Waals surface area contributed by atoms with Gasteiger partial charge in [0.2, 0.25) is 0 Å². The lowest BCUT2D eigenvalue weighted by molar-refractivity contribution is 0.428. The molecule has 0 saturated heterocycles. The minimum absolute atomic E-state index is 0.399. The summed E-state index contributed by atoms with van der Waals surface area (Å²) >= 11 is 0. The maximum Gasteiger partial charge on any atom is 0.185 e. The average Bonchev–Trinajstić information content (AvgIpc) is 2.30. The zero-order valence-electron chi connectivity index (χ0n) is 8.07. The van der Waals surface area contributed by atoms with Gasteiger partial charge in [0, 0.05) is 18.0 Å². The van der Waals surface area contributed by atoms with E-state index in [4.69, 9.17) is 17.6 Å². The molecule has 0 aliphatic carbocycles. The van der Waals surface area contributed by atoms with Crippen molar-refractivity contribution in [1.29, 1.82) is 5.41 Å². The van der Waals surface area contributed by atoms with Gasteiger partial charge in [-0.1, -0.05) is 24.1 Å². The molecule has 0 radical (unpaired) electrons. The molecule has 1 aromatic carbocycles. The van der Waals surface area contributed by atoms with Crippen LogP contribution in [-0.4, -0.2) is 6.21 Å². The Balaban J connectivity index is 3.14. The van der Waals surface area contributed by atoms with Crippen LogP contribution >= 0.6 is 0 Å². The van der Waals surface area contributed by atoms with E-state index < -0.39 is 6.17 Å². The van der Waals surface area contributed by atoms with Crippen LogP contribution in [0.15, 0.2) is 30.5 Å². The van der Waals surface area contributed by atoms with Crippen LogP contribution in [0.3, 0.4) is 0 Å². The molecule has 0 aliphatic heterocycles. The summed E-state index contributed by atoms with van der Waals surface area (Å²) in [5.41, 5.74) is 6.94. The SMILES string of the molecule is C#CC(F)c1cccc(/C(C=N)=C/N)c1. The van der Waals surface area contributed by atoms with E-state index >= 15 is 0 Å². The second kappa shape index (κ2) is 4.97. The highest BCUT2D eigenvalue weighted by Crippen LogP contribution is 2.20. The Morgan fingerprint density at radius 1 is 1.60 bits per heavy atom. The highest BCUT2D eigenvalue weighted by atomic mass is 19.1. The van der Waals surface area contributed by atoms with Crippen molar-refractivity contribution in [3.63, 3.8) is 0 Å². The van der Waals surface area contributed by atoms with Crippen LogP contribution in [0.5, 0.6) is 0 Å². The maximum absolute atomic E-state index is 13.2. The molecule has 1 rings (SSSR count). The van der Waals surface area contributed by atoms with E-state index in [1.165, 1.54) is 6.20 Å². The molecule has 0 heterocycles. The summed E-state index contributed by atoms with van der Waals surface area (Å²) in [4.78, 5) is 0. The Labute approximate surface area is 88.1 Å². The number of hydrogen-bond donors (Lipinski definition) is 2. The third-order valence-electron chi connectivity index (χ3n) is 1.99. The first-order chi connectivity index (χ1) is 7.22. The summed E-state index contributed by atoms with van der Waals surface area (Å²) in [6.45, 7) is 0. The number of terminal acetylenes is 1. The Hall–Kier alpha value is -2.08. The second-order valence-corrected chi connectivity index (χ2v) is 2.92. The number of nitrogens with two attached hydrogens (primary N) is 1. The topological polar surface area (TPSA) is 49.9 Å². The molecule has 1 aromatic rings. The Morgan fingerprint density at radius 3 is 2.87 bits per heavy atom. The minimum atomic E-state index is -1.42. The van der Waals surface area contributed by atoms with Gasteiger partial charge in [-0.2, -0.15) is 0 Å². The summed E-state index contributed by atoms with van der Waals surface area (Å²) < 4.78 is 13.2. The normalized spacial score (nSPS) is 12.9. The first-order valence-electron chi connectivity index (χ1n) is 4.35. The molecule has 15 heavy (non-hydrogen) atoms. The van der Waals surface area contributed by atoms with E-state index in [1.807, 2.05) is 5.92 Å². The van der Waals surface area contributed by atoms with Gasteiger partial charge in [-0.15, -0.1) is 6.42 Å². The summed E-state index contributed by atoms with van der Waals surface area (Å²) in [6.07, 6.45) is 5.98. The first-order valence-corrected chi connectivity index (χ1v) is 4.35. The molecule has 1 unspecified atom stereocenters. The van der Waals surface area contributed by atoms with Crippen LogP contribution in [0.1, 0.15) is 17.3 Å². The molecular formula is C12H11FN2. The fraction of sp³-hybridized carbons (Fsp3) is 0.0833. The number of allylic oxidation sites excluding steroid dienone is 1. The van der Waals surface area contributed by atoms with Gasteiger partial charge in [0.05, 0.1) is 0 Å². The molecule has 76 valence electrons. The molecule has 0 amide bonds. The average molecular weight is 202 g/mol. The summed E-state index contributed by atoms with van der Waals surface area (Å²) in [5, 5.41) is 7.11. The van der Waals surface area contributed by atoms with E-state index in [0.29, 0.717) is 16.7 Å².